The number of fused-ring (bicyclic) bond motifs is 1. The van der Waals surface area contributed by atoms with Gasteiger partial charge >= 0.3 is 23.6 Å². The highest BCUT2D eigenvalue weighted by atomic mass is 35.5. The number of halogens is 1. The fourth-order valence-corrected chi connectivity index (χ4v) is 3.86. The summed E-state index contributed by atoms with van der Waals surface area (Å²) in [5.74, 6) is -3.13. The second-order valence-corrected chi connectivity index (χ2v) is 7.85. The molecule has 3 aliphatic rings. The average Bonchev–Trinajstić information content (AvgIpc) is 3.44. The van der Waals surface area contributed by atoms with Crippen molar-refractivity contribution >= 4 is 52.6 Å². The van der Waals surface area contributed by atoms with Crippen LogP contribution in [-0.2, 0) is 33.4 Å². The van der Waals surface area contributed by atoms with Crippen LogP contribution in [0, 0.1) is 0 Å². The summed E-state index contributed by atoms with van der Waals surface area (Å²) >= 11 is 10.6. The zero-order valence-electron chi connectivity index (χ0n) is 16.4. The minimum atomic E-state index is -2.15. The number of rotatable bonds is 6. The number of hydroxylamine groups is 2. The molecule has 0 aliphatic carbocycles. The van der Waals surface area contributed by atoms with E-state index < -0.39 is 41.9 Å². The number of carbonyl (C=O) groups excluding carboxylic acids is 4. The third-order valence-electron chi connectivity index (χ3n) is 5.06. The fraction of sp³-hybridized carbons (Fsp3) is 0.350. The second kappa shape index (κ2) is 8.85. The zero-order valence-corrected chi connectivity index (χ0v) is 18.0. The number of cyclic esters (lactones) is 2. The molecule has 3 aliphatic heterocycles. The van der Waals surface area contributed by atoms with Gasteiger partial charge in [0, 0.05) is 23.9 Å². The lowest BCUT2D eigenvalue weighted by Crippen LogP contribution is -2.57. The largest absolute Gasteiger partial charge is 0.425 e. The van der Waals surface area contributed by atoms with E-state index >= 15 is 0 Å². The Bertz CT molecular complexity index is 1030. The molecule has 1 aromatic rings. The summed E-state index contributed by atoms with van der Waals surface area (Å²) in [6.45, 7) is -0.155. The number of esters is 3. The molecular weight excluding hydrogens is 464 g/mol. The van der Waals surface area contributed by atoms with Crippen LogP contribution in [0.2, 0.25) is 0 Å². The van der Waals surface area contributed by atoms with Crippen LogP contribution in [0.5, 0.6) is 0 Å². The molecule has 168 valence electrons. The summed E-state index contributed by atoms with van der Waals surface area (Å²) in [6.07, 6.45) is 0.222. The van der Waals surface area contributed by atoms with Crippen LogP contribution in [0.25, 0.3) is 0 Å². The van der Waals surface area contributed by atoms with Crippen molar-refractivity contribution in [3.8, 4) is 0 Å². The second-order valence-electron chi connectivity index (χ2n) is 7.10. The molecule has 2 saturated heterocycles. The van der Waals surface area contributed by atoms with Gasteiger partial charge in [0.15, 0.2) is 0 Å². The Labute approximate surface area is 192 Å². The Kier molecular flexibility index (Phi) is 6.13. The Hall–Kier alpha value is -3.02. The van der Waals surface area contributed by atoms with Crippen LogP contribution in [0.15, 0.2) is 35.9 Å². The quantitative estimate of drug-likeness (QED) is 0.475. The number of amides is 1. The molecule has 1 amide bonds. The molecule has 3 heterocycles. The first kappa shape index (κ1) is 22.2. The molecule has 3 atom stereocenters. The molecule has 0 bridgehead atoms. The number of nitrogens with one attached hydrogen (secondary N) is 1. The van der Waals surface area contributed by atoms with Gasteiger partial charge in [-0.15, -0.1) is 0 Å². The van der Waals surface area contributed by atoms with Gasteiger partial charge in [-0.05, 0) is 6.07 Å². The number of ether oxygens (including phenoxy) is 3. The van der Waals surface area contributed by atoms with Crippen molar-refractivity contribution in [2.24, 2.45) is 0 Å². The standard InChI is InChI=1S/C20H17ClN2O8S/c21-9-3-6-14(32)22-13-10-28-23(16(13)25)20(8-7-15(24)31-20)19(27)30-18-12-5-2-1-4-11(12)17(26)29-18/h1-5,9,13,18H,6-8,10H2,(H,22,32)/t13-,18?,20?/m0/s1. The number of nitrogens with zero attached hydrogens (tertiary/aromatic N) is 1. The predicted molar refractivity (Wildman–Crippen MR) is 111 cm³/mol. The molecule has 32 heavy (non-hydrogen) atoms. The van der Waals surface area contributed by atoms with Crippen LogP contribution < -0.4 is 5.32 Å². The van der Waals surface area contributed by atoms with Gasteiger partial charge < -0.3 is 19.5 Å². The number of benzene rings is 1. The van der Waals surface area contributed by atoms with Gasteiger partial charge in [-0.1, -0.05) is 48.1 Å². The molecule has 2 fully saturated rings. The Balaban J connectivity index is 1.53. The van der Waals surface area contributed by atoms with E-state index in [1.54, 1.807) is 24.3 Å². The first-order valence-corrected chi connectivity index (χ1v) is 10.4. The molecule has 1 aromatic carbocycles. The van der Waals surface area contributed by atoms with Crippen molar-refractivity contribution in [3.05, 3.63) is 47.0 Å². The minimum Gasteiger partial charge on any atom is -0.425 e. The fourth-order valence-electron chi connectivity index (χ4n) is 3.54. The van der Waals surface area contributed by atoms with Crippen LogP contribution in [0.1, 0.15) is 41.5 Å². The van der Waals surface area contributed by atoms with Crippen molar-refractivity contribution < 1.29 is 38.2 Å². The van der Waals surface area contributed by atoms with Gasteiger partial charge in [0.05, 0.1) is 17.0 Å². The molecule has 0 aromatic heterocycles. The van der Waals surface area contributed by atoms with Gasteiger partial charge in [0.2, 0.25) is 0 Å². The van der Waals surface area contributed by atoms with E-state index in [1.807, 2.05) is 0 Å². The number of hydrogen-bond acceptors (Lipinski definition) is 9. The highest BCUT2D eigenvalue weighted by Crippen LogP contribution is 2.38. The first-order valence-electron chi connectivity index (χ1n) is 9.60. The molecule has 1 N–H and O–H groups in total. The highest BCUT2D eigenvalue weighted by Gasteiger charge is 2.60. The van der Waals surface area contributed by atoms with E-state index in [0.29, 0.717) is 22.0 Å². The van der Waals surface area contributed by atoms with Crippen LogP contribution in [0.4, 0.5) is 0 Å². The molecule has 0 spiro atoms. The summed E-state index contributed by atoms with van der Waals surface area (Å²) in [7, 11) is 0. The molecule has 0 saturated carbocycles. The molecular formula is C20H17ClN2O8S. The molecule has 10 nitrogen and oxygen atoms in total. The van der Waals surface area contributed by atoms with Crippen LogP contribution in [-0.4, -0.2) is 52.2 Å². The van der Waals surface area contributed by atoms with Gasteiger partial charge in [0.1, 0.15) is 12.6 Å². The highest BCUT2D eigenvalue weighted by molar-refractivity contribution is 7.80. The van der Waals surface area contributed by atoms with Gasteiger partial charge in [-0.25, -0.2) is 9.59 Å². The molecule has 0 radical (unpaired) electrons. The average molecular weight is 481 g/mol. The van der Waals surface area contributed by atoms with Gasteiger partial charge in [0.25, 0.3) is 12.2 Å². The Morgan fingerprint density at radius 3 is 2.84 bits per heavy atom. The van der Waals surface area contributed by atoms with Crippen molar-refractivity contribution in [2.75, 3.05) is 6.61 Å². The molecule has 4 rings (SSSR count). The van der Waals surface area contributed by atoms with E-state index in [4.69, 9.17) is 42.9 Å². The lowest BCUT2D eigenvalue weighted by molar-refractivity contribution is -0.266. The predicted octanol–water partition coefficient (Wildman–Crippen LogP) is 1.63. The summed E-state index contributed by atoms with van der Waals surface area (Å²) in [6, 6.07) is 5.49. The van der Waals surface area contributed by atoms with E-state index in [2.05, 4.69) is 5.32 Å². The minimum absolute atomic E-state index is 0.139. The normalized spacial score (nSPS) is 26.8. The zero-order chi connectivity index (χ0) is 22.9. The topological polar surface area (TPSA) is 120 Å². The lowest BCUT2D eigenvalue weighted by Gasteiger charge is -2.33. The maximum atomic E-state index is 13.2. The molecule has 2 unspecified atom stereocenters. The van der Waals surface area contributed by atoms with Crippen LogP contribution >= 0.6 is 23.8 Å². The molecule has 12 heteroatoms. The van der Waals surface area contributed by atoms with E-state index in [0.717, 1.165) is 0 Å². The third-order valence-corrected chi connectivity index (χ3v) is 5.52. The Morgan fingerprint density at radius 2 is 2.12 bits per heavy atom. The number of thiocarbonyl (C=S) groups is 1. The summed E-state index contributed by atoms with van der Waals surface area (Å²) < 4.78 is 15.7. The summed E-state index contributed by atoms with van der Waals surface area (Å²) in [5, 5.41) is 3.51. The number of hydrogen-bond donors (Lipinski definition) is 1. The van der Waals surface area contributed by atoms with Crippen molar-refractivity contribution in [1.29, 1.82) is 0 Å². The third kappa shape index (κ3) is 3.94. The lowest BCUT2D eigenvalue weighted by atomic mass is 10.1. The van der Waals surface area contributed by atoms with Gasteiger partial charge in [-0.3, -0.25) is 14.4 Å². The van der Waals surface area contributed by atoms with E-state index in [9.17, 15) is 19.2 Å². The summed E-state index contributed by atoms with van der Waals surface area (Å²) in [5.41, 5.74) is -0.257. The van der Waals surface area contributed by atoms with E-state index in [-0.39, 0.29) is 25.0 Å². The smallest absolute Gasteiger partial charge is 0.378 e. The van der Waals surface area contributed by atoms with Crippen molar-refractivity contribution in [2.45, 2.75) is 37.3 Å². The maximum absolute atomic E-state index is 13.2. The SMILES string of the molecule is O=C1CCC(C(=O)OC2OC(=O)c3ccccc32)(N2OC[C@H](NC(=S)CC=CCl)C2=O)O1. The van der Waals surface area contributed by atoms with Crippen molar-refractivity contribution in [1.82, 2.24) is 10.4 Å². The van der Waals surface area contributed by atoms with E-state index in [1.165, 1.54) is 11.6 Å². The maximum Gasteiger partial charge on any atom is 0.378 e. The van der Waals surface area contributed by atoms with Crippen LogP contribution in [0.3, 0.4) is 0 Å². The first-order chi connectivity index (χ1) is 15.4. The monoisotopic (exact) mass is 480 g/mol. The van der Waals surface area contributed by atoms with Gasteiger partial charge in [-0.2, -0.15) is 5.06 Å². The summed E-state index contributed by atoms with van der Waals surface area (Å²) in [4.78, 5) is 55.8. The Morgan fingerprint density at radius 1 is 1.34 bits per heavy atom. The number of carbonyl (C=O) groups is 4. The van der Waals surface area contributed by atoms with Crippen molar-refractivity contribution in [3.63, 3.8) is 0 Å².